The minimum Gasteiger partial charge on any atom is -0.266 e. The molecular formula is C9H11N3O. The maximum atomic E-state index is 11.3. The minimum atomic E-state index is -0.341. The maximum Gasteiger partial charge on any atom is 0.284 e. The second-order valence-electron chi connectivity index (χ2n) is 3.18. The first kappa shape index (κ1) is 9.46. The summed E-state index contributed by atoms with van der Waals surface area (Å²) in [5.41, 5.74) is 0.576. The van der Waals surface area contributed by atoms with Crippen LogP contribution in [0.4, 0.5) is 0 Å². The quantitative estimate of drug-likeness (QED) is 0.636. The smallest absolute Gasteiger partial charge is 0.266 e. The third kappa shape index (κ3) is 1.75. The molecule has 1 heterocycles. The van der Waals surface area contributed by atoms with E-state index in [9.17, 15) is 4.79 Å². The van der Waals surface area contributed by atoms with E-state index in [4.69, 9.17) is 5.26 Å². The van der Waals surface area contributed by atoms with Crippen LogP contribution in [-0.2, 0) is 7.05 Å². The van der Waals surface area contributed by atoms with Crippen molar-refractivity contribution in [2.45, 2.75) is 19.8 Å². The molecule has 0 N–H and O–H groups in total. The topological polar surface area (TPSA) is 58.7 Å². The molecule has 0 aromatic carbocycles. The van der Waals surface area contributed by atoms with Crippen LogP contribution in [0.3, 0.4) is 0 Å². The largest absolute Gasteiger partial charge is 0.284 e. The first-order chi connectivity index (χ1) is 6.06. The zero-order chi connectivity index (χ0) is 10.0. The number of hydrogen-bond donors (Lipinski definition) is 0. The first-order valence-corrected chi connectivity index (χ1v) is 4.04. The second kappa shape index (κ2) is 3.40. The highest BCUT2D eigenvalue weighted by molar-refractivity contribution is 5.27. The van der Waals surface area contributed by atoms with Gasteiger partial charge >= 0.3 is 0 Å². The van der Waals surface area contributed by atoms with Crippen molar-refractivity contribution in [3.63, 3.8) is 0 Å². The van der Waals surface area contributed by atoms with Crippen molar-refractivity contribution in [1.82, 2.24) is 9.78 Å². The van der Waals surface area contributed by atoms with Crippen LogP contribution >= 0.6 is 0 Å². The van der Waals surface area contributed by atoms with Gasteiger partial charge in [-0.15, -0.1) is 0 Å². The van der Waals surface area contributed by atoms with Gasteiger partial charge in [0.15, 0.2) is 0 Å². The van der Waals surface area contributed by atoms with Crippen LogP contribution in [0.25, 0.3) is 0 Å². The lowest BCUT2D eigenvalue weighted by atomic mass is 10.1. The third-order valence-electron chi connectivity index (χ3n) is 1.79. The van der Waals surface area contributed by atoms with Crippen LogP contribution in [0.1, 0.15) is 31.0 Å². The van der Waals surface area contributed by atoms with Crippen LogP contribution in [0, 0.1) is 11.3 Å². The maximum absolute atomic E-state index is 11.3. The summed E-state index contributed by atoms with van der Waals surface area (Å²) >= 11 is 0. The van der Waals surface area contributed by atoms with Gasteiger partial charge in [-0.3, -0.25) is 4.79 Å². The Morgan fingerprint density at radius 2 is 2.23 bits per heavy atom. The molecule has 0 saturated heterocycles. The number of rotatable bonds is 1. The highest BCUT2D eigenvalue weighted by Gasteiger charge is 2.07. The summed E-state index contributed by atoms with van der Waals surface area (Å²) in [5.74, 6) is 0.221. The molecule has 4 nitrogen and oxygen atoms in total. The van der Waals surface area contributed by atoms with Crippen molar-refractivity contribution in [3.8, 4) is 6.07 Å². The average molecular weight is 177 g/mol. The second-order valence-corrected chi connectivity index (χ2v) is 3.18. The highest BCUT2D eigenvalue weighted by Crippen LogP contribution is 2.09. The van der Waals surface area contributed by atoms with Crippen molar-refractivity contribution in [2.75, 3.05) is 0 Å². The van der Waals surface area contributed by atoms with E-state index in [1.54, 1.807) is 13.1 Å². The van der Waals surface area contributed by atoms with Crippen molar-refractivity contribution in [1.29, 1.82) is 5.26 Å². The van der Waals surface area contributed by atoms with E-state index in [0.717, 1.165) is 5.69 Å². The Bertz CT molecular complexity index is 412. The Morgan fingerprint density at radius 3 is 2.69 bits per heavy atom. The monoisotopic (exact) mass is 177 g/mol. The van der Waals surface area contributed by atoms with E-state index in [-0.39, 0.29) is 17.0 Å². The Morgan fingerprint density at radius 1 is 1.62 bits per heavy atom. The lowest BCUT2D eigenvalue weighted by Gasteiger charge is -2.05. The fraction of sp³-hybridized carbons (Fsp3) is 0.444. The molecule has 0 aliphatic carbocycles. The van der Waals surface area contributed by atoms with Crippen molar-refractivity contribution < 1.29 is 0 Å². The van der Waals surface area contributed by atoms with E-state index < -0.39 is 0 Å². The number of aromatic nitrogens is 2. The fourth-order valence-electron chi connectivity index (χ4n) is 0.994. The zero-order valence-electron chi connectivity index (χ0n) is 7.90. The van der Waals surface area contributed by atoms with E-state index in [1.807, 2.05) is 19.9 Å². The van der Waals surface area contributed by atoms with Gasteiger partial charge in [0.1, 0.15) is 11.6 Å². The predicted octanol–water partition coefficient (Wildman–Crippen LogP) is 0.775. The van der Waals surface area contributed by atoms with Gasteiger partial charge in [-0.1, -0.05) is 13.8 Å². The number of nitriles is 1. The SMILES string of the molecule is CC(C)c1cc(C#N)c(=O)n(C)n1. The van der Waals surface area contributed by atoms with Crippen molar-refractivity contribution in [2.24, 2.45) is 7.05 Å². The number of hydrogen-bond acceptors (Lipinski definition) is 3. The van der Waals surface area contributed by atoms with Crippen LogP contribution in [0.5, 0.6) is 0 Å². The lowest BCUT2D eigenvalue weighted by molar-refractivity contribution is 0.650. The molecule has 0 fully saturated rings. The molecule has 1 aromatic rings. The molecule has 13 heavy (non-hydrogen) atoms. The summed E-state index contributed by atoms with van der Waals surface area (Å²) in [6, 6.07) is 3.41. The average Bonchev–Trinajstić information content (AvgIpc) is 2.09. The van der Waals surface area contributed by atoms with Crippen LogP contribution < -0.4 is 5.56 Å². The van der Waals surface area contributed by atoms with Crippen LogP contribution in [0.15, 0.2) is 10.9 Å². The normalized spacial score (nSPS) is 10.1. The first-order valence-electron chi connectivity index (χ1n) is 4.04. The van der Waals surface area contributed by atoms with Gasteiger partial charge in [0.25, 0.3) is 5.56 Å². The van der Waals surface area contributed by atoms with Crippen LogP contribution in [-0.4, -0.2) is 9.78 Å². The lowest BCUT2D eigenvalue weighted by Crippen LogP contribution is -2.23. The molecule has 4 heteroatoms. The molecule has 0 aliphatic heterocycles. The molecule has 0 aliphatic rings. The molecule has 0 amide bonds. The van der Waals surface area contributed by atoms with Crippen molar-refractivity contribution in [3.05, 3.63) is 27.7 Å². The van der Waals surface area contributed by atoms with Gasteiger partial charge in [-0.25, -0.2) is 4.68 Å². The van der Waals surface area contributed by atoms with Gasteiger partial charge in [-0.05, 0) is 12.0 Å². The Balaban J connectivity index is 3.42. The Kier molecular flexibility index (Phi) is 2.47. The van der Waals surface area contributed by atoms with Gasteiger partial charge in [0.05, 0.1) is 5.69 Å². The van der Waals surface area contributed by atoms with Gasteiger partial charge in [0, 0.05) is 7.05 Å². The molecular weight excluding hydrogens is 166 g/mol. The molecule has 1 aromatic heterocycles. The van der Waals surface area contributed by atoms with Crippen LogP contribution in [0.2, 0.25) is 0 Å². The minimum absolute atomic E-state index is 0.154. The molecule has 68 valence electrons. The zero-order valence-corrected chi connectivity index (χ0v) is 7.90. The van der Waals surface area contributed by atoms with Gasteiger partial charge < -0.3 is 0 Å². The molecule has 0 atom stereocenters. The summed E-state index contributed by atoms with van der Waals surface area (Å²) in [4.78, 5) is 11.3. The number of nitrogens with zero attached hydrogens (tertiary/aromatic N) is 3. The highest BCUT2D eigenvalue weighted by atomic mass is 16.1. The summed E-state index contributed by atoms with van der Waals surface area (Å²) in [6.45, 7) is 3.93. The van der Waals surface area contributed by atoms with E-state index >= 15 is 0 Å². The Hall–Kier alpha value is -1.63. The standard InChI is InChI=1S/C9H11N3O/c1-6(2)8-4-7(5-10)9(13)12(3)11-8/h4,6H,1-3H3. The summed E-state index contributed by atoms with van der Waals surface area (Å²) in [6.07, 6.45) is 0. The van der Waals surface area contributed by atoms with E-state index in [1.165, 1.54) is 4.68 Å². The van der Waals surface area contributed by atoms with E-state index in [2.05, 4.69) is 5.10 Å². The third-order valence-corrected chi connectivity index (χ3v) is 1.79. The molecule has 1 rings (SSSR count). The summed E-state index contributed by atoms with van der Waals surface area (Å²) < 4.78 is 1.20. The summed E-state index contributed by atoms with van der Waals surface area (Å²) in [7, 11) is 1.55. The summed E-state index contributed by atoms with van der Waals surface area (Å²) in [5, 5.41) is 12.7. The van der Waals surface area contributed by atoms with Gasteiger partial charge in [0.2, 0.25) is 0 Å². The van der Waals surface area contributed by atoms with Crippen molar-refractivity contribution >= 4 is 0 Å². The van der Waals surface area contributed by atoms with Gasteiger partial charge in [-0.2, -0.15) is 10.4 Å². The molecule has 0 radical (unpaired) electrons. The molecule has 0 saturated carbocycles. The fourth-order valence-corrected chi connectivity index (χ4v) is 0.994. The Labute approximate surface area is 76.4 Å². The molecule has 0 spiro atoms. The predicted molar refractivity (Wildman–Crippen MR) is 48.3 cm³/mol. The molecule has 0 bridgehead atoms. The molecule has 0 unspecified atom stereocenters. The number of aryl methyl sites for hydroxylation is 1. The van der Waals surface area contributed by atoms with E-state index in [0.29, 0.717) is 0 Å².